The predicted octanol–water partition coefficient (Wildman–Crippen LogP) is 16.1. The lowest BCUT2D eigenvalue weighted by Crippen LogP contribution is -2.31. The number of carboxylic acid groups (broad SMARTS) is 1. The number of carboxylic acids is 1. The molecule has 300 valence electrons. The third-order valence-corrected chi connectivity index (χ3v) is 10.7. The van der Waals surface area contributed by atoms with Crippen molar-refractivity contribution in [2.75, 3.05) is 6.61 Å². The molecule has 0 rings (SSSR count). The lowest BCUT2D eigenvalue weighted by atomic mass is 9.74. The first-order valence-electron chi connectivity index (χ1n) is 22.8. The van der Waals surface area contributed by atoms with E-state index in [0.29, 0.717) is 13.0 Å². The Kier molecular flexibility index (Phi) is 43.2. The van der Waals surface area contributed by atoms with Crippen molar-refractivity contribution < 1.29 is 19.4 Å². The fourth-order valence-corrected chi connectivity index (χ4v) is 7.15. The van der Waals surface area contributed by atoms with E-state index in [4.69, 9.17) is 4.74 Å². The topological polar surface area (TPSA) is 63.6 Å². The van der Waals surface area contributed by atoms with Gasteiger partial charge >= 0.3 is 11.9 Å². The average Bonchev–Trinajstić information content (AvgIpc) is 3.11. The molecule has 1 N–H and O–H groups in total. The summed E-state index contributed by atoms with van der Waals surface area (Å²) in [5, 5.41) is 10.2. The Bertz CT molecular complexity index is 677. The van der Waals surface area contributed by atoms with Gasteiger partial charge in [0.1, 0.15) is 0 Å². The van der Waals surface area contributed by atoms with Crippen molar-refractivity contribution >= 4 is 11.9 Å². The summed E-state index contributed by atoms with van der Waals surface area (Å²) in [6.07, 6.45) is 45.0. The number of rotatable bonds is 39. The third kappa shape index (κ3) is 36.7. The molecule has 0 aliphatic heterocycles. The number of carbonyl (C=O) groups excluding carboxylic acids is 1. The summed E-state index contributed by atoms with van der Waals surface area (Å²) in [7, 11) is 0. The molecule has 0 aromatic heterocycles. The molecular formula is C46H92O4. The van der Waals surface area contributed by atoms with Gasteiger partial charge in [0, 0.05) is 6.42 Å². The van der Waals surface area contributed by atoms with Crippen LogP contribution in [0.2, 0.25) is 0 Å². The molecule has 0 radical (unpaired) electrons. The molecule has 0 bridgehead atoms. The van der Waals surface area contributed by atoms with E-state index < -0.39 is 11.4 Å². The second-order valence-corrected chi connectivity index (χ2v) is 15.7. The van der Waals surface area contributed by atoms with Crippen molar-refractivity contribution in [1.29, 1.82) is 0 Å². The lowest BCUT2D eigenvalue weighted by Gasteiger charge is -2.30. The van der Waals surface area contributed by atoms with E-state index in [9.17, 15) is 14.7 Å². The molecule has 50 heavy (non-hydrogen) atoms. The molecule has 0 aliphatic carbocycles. The molecule has 0 aromatic carbocycles. The maximum atomic E-state index is 12.4. The van der Waals surface area contributed by atoms with Crippen LogP contribution in [0.3, 0.4) is 0 Å². The minimum atomic E-state index is -0.507. The summed E-state index contributed by atoms with van der Waals surface area (Å²) < 4.78 is 5.19. The van der Waals surface area contributed by atoms with Gasteiger partial charge in [0.25, 0.3) is 0 Å². The second kappa shape index (κ2) is 42.4. The van der Waals surface area contributed by atoms with Crippen molar-refractivity contribution in [2.45, 2.75) is 272 Å². The highest BCUT2D eigenvalue weighted by Gasteiger charge is 2.36. The summed E-state index contributed by atoms with van der Waals surface area (Å²) >= 11 is 0. The summed E-state index contributed by atoms with van der Waals surface area (Å²) in [6, 6.07) is 0. The summed E-state index contributed by atoms with van der Waals surface area (Å²) in [6.45, 7) is 11.8. The van der Waals surface area contributed by atoms with Gasteiger partial charge in [-0.25, -0.2) is 0 Å². The van der Waals surface area contributed by atoms with Crippen molar-refractivity contribution in [2.24, 2.45) is 5.41 Å². The molecule has 0 fully saturated rings. The molecule has 1 unspecified atom stereocenters. The molecule has 1 atom stereocenters. The first-order chi connectivity index (χ1) is 24.4. The van der Waals surface area contributed by atoms with Gasteiger partial charge in [0.2, 0.25) is 0 Å². The zero-order chi connectivity index (χ0) is 37.2. The molecule has 4 nitrogen and oxygen atoms in total. The zero-order valence-corrected chi connectivity index (χ0v) is 35.0. The van der Waals surface area contributed by atoms with Crippen LogP contribution in [0.4, 0.5) is 0 Å². The van der Waals surface area contributed by atoms with E-state index in [2.05, 4.69) is 34.6 Å². The Morgan fingerprint density at radius 2 is 0.640 bits per heavy atom. The van der Waals surface area contributed by atoms with E-state index in [1.807, 2.05) is 0 Å². The Morgan fingerprint density at radius 3 is 0.960 bits per heavy atom. The van der Waals surface area contributed by atoms with E-state index >= 15 is 0 Å². The van der Waals surface area contributed by atoms with Crippen LogP contribution in [0, 0.1) is 5.41 Å². The molecule has 0 heterocycles. The minimum Gasteiger partial charge on any atom is -0.481 e. The maximum Gasteiger partial charge on any atom is 0.309 e. The average molecular weight is 709 g/mol. The Hall–Kier alpha value is -1.06. The largest absolute Gasteiger partial charge is 0.481 e. The lowest BCUT2D eigenvalue weighted by molar-refractivity contribution is -0.151. The molecule has 4 heteroatoms. The number of esters is 1. The van der Waals surface area contributed by atoms with Crippen molar-refractivity contribution in [3.05, 3.63) is 0 Å². The van der Waals surface area contributed by atoms with E-state index in [1.165, 1.54) is 180 Å². The maximum absolute atomic E-state index is 12.4. The van der Waals surface area contributed by atoms with Crippen molar-refractivity contribution in [3.63, 3.8) is 0 Å². The molecule has 0 aromatic rings. The summed E-state index contributed by atoms with van der Waals surface area (Å²) in [5.41, 5.74) is -0.448. The number of aliphatic carboxylic acids is 1. The van der Waals surface area contributed by atoms with Crippen LogP contribution in [0.15, 0.2) is 0 Å². The highest BCUT2D eigenvalue weighted by Crippen LogP contribution is 2.38. The van der Waals surface area contributed by atoms with Crippen LogP contribution in [-0.2, 0) is 14.3 Å². The number of ether oxygens (including phenoxy) is 1. The first-order valence-corrected chi connectivity index (χ1v) is 22.8. The number of carbonyl (C=O) groups is 2. The Labute approximate surface area is 314 Å². The highest BCUT2D eigenvalue weighted by molar-refractivity contribution is 5.74. The standard InChI is InChI=1S/C30H60O2.C16H32O2/c1-4-7-10-13-15-17-18-20-22-25-28-30(29(31)32,26-23-12-9-6-3)27-24-21-19-16-14-11-8-5-2;1-3-5-7-9-10-11-12-14-16(17)18-15-13-8-6-4-2/h4-28H2,1-3H3,(H,31,32);3-15H2,1-2H3. The SMILES string of the molecule is CCCCCCCCCC(=O)OCCCCCC.CCCCCCCCCCCCC(CCCCCC)(CCCCCCCCCC)C(=O)O. The van der Waals surface area contributed by atoms with E-state index in [-0.39, 0.29) is 5.97 Å². The quantitative estimate of drug-likeness (QED) is 0.0510. The van der Waals surface area contributed by atoms with Gasteiger partial charge in [-0.3, -0.25) is 9.59 Å². The monoisotopic (exact) mass is 709 g/mol. The van der Waals surface area contributed by atoms with E-state index in [1.54, 1.807) is 0 Å². The smallest absolute Gasteiger partial charge is 0.309 e. The van der Waals surface area contributed by atoms with Gasteiger partial charge < -0.3 is 9.84 Å². The Balaban J connectivity index is 0. The van der Waals surface area contributed by atoms with Gasteiger partial charge in [-0.1, -0.05) is 234 Å². The predicted molar refractivity (Wildman–Crippen MR) is 220 cm³/mol. The van der Waals surface area contributed by atoms with Gasteiger partial charge in [-0.05, 0) is 32.1 Å². The second-order valence-electron chi connectivity index (χ2n) is 15.7. The van der Waals surface area contributed by atoms with Gasteiger partial charge in [0.05, 0.1) is 12.0 Å². The fourth-order valence-electron chi connectivity index (χ4n) is 7.15. The number of unbranched alkanes of at least 4 members (excludes halogenated alkanes) is 28. The van der Waals surface area contributed by atoms with Crippen LogP contribution in [0.1, 0.15) is 272 Å². The van der Waals surface area contributed by atoms with Gasteiger partial charge in [-0.15, -0.1) is 0 Å². The summed E-state index contributed by atoms with van der Waals surface area (Å²) in [4.78, 5) is 23.8. The third-order valence-electron chi connectivity index (χ3n) is 10.7. The highest BCUT2D eigenvalue weighted by atomic mass is 16.5. The first kappa shape index (κ1) is 51.0. The molecule has 0 aliphatic rings. The van der Waals surface area contributed by atoms with Crippen molar-refractivity contribution in [1.82, 2.24) is 0 Å². The number of hydrogen-bond donors (Lipinski definition) is 1. The Morgan fingerprint density at radius 1 is 0.380 bits per heavy atom. The summed E-state index contributed by atoms with van der Waals surface area (Å²) in [5.74, 6) is -0.507. The number of hydrogen-bond acceptors (Lipinski definition) is 3. The van der Waals surface area contributed by atoms with Gasteiger partial charge in [-0.2, -0.15) is 0 Å². The molecule has 0 spiro atoms. The molecule has 0 saturated heterocycles. The van der Waals surface area contributed by atoms with Crippen LogP contribution in [-0.4, -0.2) is 23.7 Å². The molecule has 0 saturated carbocycles. The van der Waals surface area contributed by atoms with Crippen molar-refractivity contribution in [3.8, 4) is 0 Å². The molecule has 0 amide bonds. The van der Waals surface area contributed by atoms with Crippen LogP contribution in [0.5, 0.6) is 0 Å². The molecular weight excluding hydrogens is 617 g/mol. The van der Waals surface area contributed by atoms with Crippen LogP contribution >= 0.6 is 0 Å². The van der Waals surface area contributed by atoms with Crippen LogP contribution < -0.4 is 0 Å². The van der Waals surface area contributed by atoms with Gasteiger partial charge in [0.15, 0.2) is 0 Å². The van der Waals surface area contributed by atoms with Crippen LogP contribution in [0.25, 0.3) is 0 Å². The normalized spacial score (nSPS) is 12.3. The fraction of sp³-hybridized carbons (Fsp3) is 0.957. The zero-order valence-electron chi connectivity index (χ0n) is 35.0. The van der Waals surface area contributed by atoms with E-state index in [0.717, 1.165) is 51.4 Å². The minimum absolute atomic E-state index is 0.0000525.